The van der Waals surface area contributed by atoms with Crippen molar-refractivity contribution in [3.05, 3.63) is 28.0 Å². The van der Waals surface area contributed by atoms with E-state index in [0.717, 1.165) is 33.9 Å². The molecule has 0 bridgehead atoms. The van der Waals surface area contributed by atoms with Gasteiger partial charge in [0.15, 0.2) is 0 Å². The molecule has 1 atom stereocenters. The van der Waals surface area contributed by atoms with E-state index in [1.807, 2.05) is 19.1 Å². The molecular formula is C14H16BrF2N3. The van der Waals surface area contributed by atoms with Gasteiger partial charge in [0.25, 0.3) is 6.43 Å². The highest BCUT2D eigenvalue weighted by Crippen LogP contribution is 2.40. The minimum atomic E-state index is -2.42. The number of aryl methyl sites for hydroxylation is 1. The zero-order valence-electron chi connectivity index (χ0n) is 11.1. The molecular weight excluding hydrogens is 328 g/mol. The van der Waals surface area contributed by atoms with Gasteiger partial charge in [0.05, 0.1) is 23.6 Å². The van der Waals surface area contributed by atoms with Gasteiger partial charge in [-0.3, -0.25) is 0 Å². The topological polar surface area (TPSA) is 43.8 Å². The summed E-state index contributed by atoms with van der Waals surface area (Å²) in [5.41, 5.74) is 8.64. The summed E-state index contributed by atoms with van der Waals surface area (Å²) in [5, 5.41) is 0. The van der Waals surface area contributed by atoms with E-state index in [4.69, 9.17) is 5.73 Å². The van der Waals surface area contributed by atoms with Crippen molar-refractivity contribution < 1.29 is 8.78 Å². The Morgan fingerprint density at radius 2 is 2.15 bits per heavy atom. The molecule has 0 spiro atoms. The van der Waals surface area contributed by atoms with Gasteiger partial charge in [-0.05, 0) is 43.4 Å². The Morgan fingerprint density at radius 3 is 2.75 bits per heavy atom. The van der Waals surface area contributed by atoms with E-state index in [-0.39, 0.29) is 12.6 Å². The fraction of sp³-hybridized carbons (Fsp3) is 0.500. The van der Waals surface area contributed by atoms with Gasteiger partial charge in [0.2, 0.25) is 0 Å². The molecule has 0 aliphatic heterocycles. The summed E-state index contributed by atoms with van der Waals surface area (Å²) in [6, 6.07) is 3.44. The lowest BCUT2D eigenvalue weighted by atomic mass is 10.2. The molecule has 0 unspecified atom stereocenters. The number of fused-ring (bicyclic) bond motifs is 1. The molecule has 2 N–H and O–H groups in total. The molecule has 1 heterocycles. The average molecular weight is 344 g/mol. The number of aromatic nitrogens is 2. The number of hydrogen-bond donors (Lipinski definition) is 1. The molecule has 3 rings (SSSR count). The summed E-state index contributed by atoms with van der Waals surface area (Å²) < 4.78 is 28.2. The number of nitrogens with zero attached hydrogens (tertiary/aromatic N) is 2. The molecule has 1 saturated carbocycles. The van der Waals surface area contributed by atoms with E-state index >= 15 is 0 Å². The van der Waals surface area contributed by atoms with Crippen LogP contribution in [0.1, 0.15) is 30.3 Å². The van der Waals surface area contributed by atoms with Gasteiger partial charge in [0.1, 0.15) is 5.82 Å². The zero-order chi connectivity index (χ0) is 14.4. The maximum absolute atomic E-state index is 12.9. The lowest BCUT2D eigenvalue weighted by Gasteiger charge is -2.13. The van der Waals surface area contributed by atoms with Crippen molar-refractivity contribution in [1.29, 1.82) is 0 Å². The summed E-state index contributed by atoms with van der Waals surface area (Å²) in [7, 11) is 0. The minimum absolute atomic E-state index is 0.251. The molecule has 108 valence electrons. The number of hydrogen-bond acceptors (Lipinski definition) is 2. The summed E-state index contributed by atoms with van der Waals surface area (Å²) in [6.45, 7) is 1.58. The second kappa shape index (κ2) is 5.07. The number of benzene rings is 1. The van der Waals surface area contributed by atoms with Crippen molar-refractivity contribution in [3.8, 4) is 0 Å². The van der Waals surface area contributed by atoms with Crippen molar-refractivity contribution in [2.24, 2.45) is 11.7 Å². The first-order valence-corrected chi connectivity index (χ1v) is 7.47. The molecule has 0 saturated heterocycles. The summed E-state index contributed by atoms with van der Waals surface area (Å²) >= 11 is 3.45. The normalized spacial score (nSPS) is 17.1. The van der Waals surface area contributed by atoms with Crippen LogP contribution in [0.15, 0.2) is 16.6 Å². The molecule has 3 nitrogen and oxygen atoms in total. The third kappa shape index (κ3) is 2.35. The van der Waals surface area contributed by atoms with Crippen LogP contribution in [-0.2, 0) is 6.54 Å². The van der Waals surface area contributed by atoms with Crippen molar-refractivity contribution in [3.63, 3.8) is 0 Å². The van der Waals surface area contributed by atoms with Crippen LogP contribution in [0.3, 0.4) is 0 Å². The monoisotopic (exact) mass is 343 g/mol. The Hall–Kier alpha value is -1.01. The van der Waals surface area contributed by atoms with E-state index in [9.17, 15) is 8.78 Å². The molecule has 1 fully saturated rings. The molecule has 1 aliphatic rings. The summed E-state index contributed by atoms with van der Waals surface area (Å²) in [4.78, 5) is 4.56. The number of nitrogens with two attached hydrogens (primary N) is 1. The first-order valence-electron chi connectivity index (χ1n) is 6.68. The van der Waals surface area contributed by atoms with Crippen molar-refractivity contribution in [2.45, 2.75) is 38.8 Å². The van der Waals surface area contributed by atoms with Gasteiger partial charge < -0.3 is 10.3 Å². The predicted octanol–water partition coefficient (Wildman–Crippen LogP) is 3.78. The Morgan fingerprint density at radius 1 is 1.45 bits per heavy atom. The number of alkyl halides is 2. The van der Waals surface area contributed by atoms with Gasteiger partial charge >= 0.3 is 0 Å². The van der Waals surface area contributed by atoms with Crippen LogP contribution < -0.4 is 5.73 Å². The van der Waals surface area contributed by atoms with E-state index in [1.165, 1.54) is 0 Å². The van der Waals surface area contributed by atoms with Crippen LogP contribution in [0, 0.1) is 12.8 Å². The second-order valence-corrected chi connectivity index (χ2v) is 6.23. The maximum Gasteiger partial charge on any atom is 0.256 e. The van der Waals surface area contributed by atoms with Crippen molar-refractivity contribution >= 4 is 27.0 Å². The van der Waals surface area contributed by atoms with E-state index in [2.05, 4.69) is 20.9 Å². The highest BCUT2D eigenvalue weighted by Gasteiger charge is 2.33. The third-order valence-corrected chi connectivity index (χ3v) is 4.74. The molecule has 20 heavy (non-hydrogen) atoms. The molecule has 0 amide bonds. The smallest absolute Gasteiger partial charge is 0.256 e. The van der Waals surface area contributed by atoms with Crippen molar-refractivity contribution in [2.75, 3.05) is 0 Å². The largest absolute Gasteiger partial charge is 0.321 e. The maximum atomic E-state index is 12.9. The number of halogens is 3. The van der Waals surface area contributed by atoms with E-state index in [0.29, 0.717) is 11.7 Å². The lowest BCUT2D eigenvalue weighted by molar-refractivity contribution is 0.126. The Labute approximate surface area is 124 Å². The second-order valence-electron chi connectivity index (χ2n) is 5.38. The first kappa shape index (κ1) is 13.9. The Bertz CT molecular complexity index is 649. The quantitative estimate of drug-likeness (QED) is 0.917. The van der Waals surface area contributed by atoms with Crippen LogP contribution in [-0.4, -0.2) is 16.0 Å². The first-order chi connectivity index (χ1) is 9.49. The average Bonchev–Trinajstić information content (AvgIpc) is 3.17. The minimum Gasteiger partial charge on any atom is -0.321 e. The van der Waals surface area contributed by atoms with E-state index in [1.54, 1.807) is 4.57 Å². The van der Waals surface area contributed by atoms with Crippen LogP contribution in [0.25, 0.3) is 11.0 Å². The van der Waals surface area contributed by atoms with Crippen LogP contribution in [0.2, 0.25) is 0 Å². The van der Waals surface area contributed by atoms with Crippen LogP contribution >= 0.6 is 15.9 Å². The van der Waals surface area contributed by atoms with Gasteiger partial charge in [0, 0.05) is 4.47 Å². The van der Waals surface area contributed by atoms with Crippen LogP contribution in [0.5, 0.6) is 0 Å². The Kier molecular flexibility index (Phi) is 3.54. The van der Waals surface area contributed by atoms with Gasteiger partial charge in [-0.15, -0.1) is 0 Å². The fourth-order valence-corrected chi connectivity index (χ4v) is 2.89. The summed E-state index contributed by atoms with van der Waals surface area (Å²) in [6.07, 6.45) is -0.301. The highest BCUT2D eigenvalue weighted by atomic mass is 79.9. The summed E-state index contributed by atoms with van der Waals surface area (Å²) in [5.74, 6) is 0.969. The lowest BCUT2D eigenvalue weighted by Crippen LogP contribution is -2.20. The molecule has 1 aromatic heterocycles. The Balaban J connectivity index is 2.18. The van der Waals surface area contributed by atoms with E-state index < -0.39 is 6.43 Å². The van der Waals surface area contributed by atoms with Gasteiger partial charge in [-0.1, -0.05) is 15.9 Å². The molecule has 1 aromatic carbocycles. The number of imidazole rings is 1. The highest BCUT2D eigenvalue weighted by molar-refractivity contribution is 9.10. The van der Waals surface area contributed by atoms with Crippen molar-refractivity contribution in [1.82, 2.24) is 9.55 Å². The molecule has 1 aliphatic carbocycles. The molecule has 2 aromatic rings. The van der Waals surface area contributed by atoms with Crippen LogP contribution in [0.4, 0.5) is 8.78 Å². The molecule has 0 radical (unpaired) electrons. The predicted molar refractivity (Wildman–Crippen MR) is 77.8 cm³/mol. The number of rotatable bonds is 4. The SMILES string of the molecule is Cc1c(Br)ccc2c1nc([C@@H](N)C1CC1)n2CC(F)F. The third-order valence-electron chi connectivity index (χ3n) is 3.89. The molecule has 6 heteroatoms. The zero-order valence-corrected chi connectivity index (χ0v) is 12.7. The fourth-order valence-electron chi connectivity index (χ4n) is 2.57. The standard InChI is InChI=1S/C14H16BrF2N3/c1-7-9(15)4-5-10-13(7)19-14(12(18)8-2-3-8)20(10)6-11(16)17/h4-5,8,11-12H,2-3,6,18H2,1H3/t12-/m0/s1. The van der Waals surface area contributed by atoms with Gasteiger partial charge in [-0.25, -0.2) is 13.8 Å². The van der Waals surface area contributed by atoms with Gasteiger partial charge in [-0.2, -0.15) is 0 Å².